The van der Waals surface area contributed by atoms with Crippen LogP contribution in [-0.4, -0.2) is 42.6 Å². The molecule has 0 unspecified atom stereocenters. The van der Waals surface area contributed by atoms with E-state index in [1.54, 1.807) is 34.0 Å². The van der Waals surface area contributed by atoms with Crippen molar-refractivity contribution in [3.8, 4) is 5.82 Å². The Labute approximate surface area is 150 Å². The van der Waals surface area contributed by atoms with Crippen LogP contribution in [0.5, 0.6) is 0 Å². The van der Waals surface area contributed by atoms with Gasteiger partial charge in [-0.25, -0.2) is 14.3 Å². The van der Waals surface area contributed by atoms with Crippen LogP contribution < -0.4 is 10.5 Å². The van der Waals surface area contributed by atoms with Gasteiger partial charge in [-0.15, -0.1) is 0 Å². The summed E-state index contributed by atoms with van der Waals surface area (Å²) in [5.41, 5.74) is 2.25. The normalized spacial score (nSPS) is 16.5. The molecule has 8 nitrogen and oxygen atoms in total. The molecule has 0 N–H and O–H groups in total. The lowest BCUT2D eigenvalue weighted by atomic mass is 10.0. The van der Waals surface area contributed by atoms with Gasteiger partial charge < -0.3 is 4.90 Å². The molecule has 8 heteroatoms. The van der Waals surface area contributed by atoms with Crippen molar-refractivity contribution in [2.24, 2.45) is 5.92 Å². The molecule has 0 radical (unpaired) electrons. The van der Waals surface area contributed by atoms with Gasteiger partial charge in [-0.3, -0.25) is 9.78 Å². The predicted molar refractivity (Wildman–Crippen MR) is 95.4 cm³/mol. The van der Waals surface area contributed by atoms with Gasteiger partial charge in [0.25, 0.3) is 5.56 Å². The predicted octanol–water partition coefficient (Wildman–Crippen LogP) is 0.844. The first-order valence-corrected chi connectivity index (χ1v) is 8.93. The molecule has 1 saturated heterocycles. The molecule has 0 saturated carbocycles. The Kier molecular flexibility index (Phi) is 3.55. The molecule has 1 aliphatic carbocycles. The van der Waals surface area contributed by atoms with Gasteiger partial charge in [0, 0.05) is 37.5 Å². The summed E-state index contributed by atoms with van der Waals surface area (Å²) in [5.74, 6) is 1.94. The second kappa shape index (κ2) is 6.05. The highest BCUT2D eigenvalue weighted by Crippen LogP contribution is 2.24. The third kappa shape index (κ3) is 2.67. The third-order valence-electron chi connectivity index (χ3n) is 5.08. The quantitative estimate of drug-likeness (QED) is 0.694. The first kappa shape index (κ1) is 15.2. The monoisotopic (exact) mass is 349 g/mol. The molecule has 1 fully saturated rings. The number of hydrogen-bond donors (Lipinski definition) is 0. The van der Waals surface area contributed by atoms with E-state index in [1.165, 1.54) is 0 Å². The molecule has 2 aliphatic rings. The second-order valence-electron chi connectivity index (χ2n) is 6.95. The van der Waals surface area contributed by atoms with E-state index in [2.05, 4.69) is 25.1 Å². The van der Waals surface area contributed by atoms with Crippen LogP contribution in [0.3, 0.4) is 0 Å². The van der Waals surface area contributed by atoms with Gasteiger partial charge in [0.05, 0.1) is 24.6 Å². The van der Waals surface area contributed by atoms with Crippen molar-refractivity contribution in [1.29, 1.82) is 0 Å². The van der Waals surface area contributed by atoms with Crippen LogP contribution in [0.2, 0.25) is 0 Å². The van der Waals surface area contributed by atoms with E-state index >= 15 is 0 Å². The van der Waals surface area contributed by atoms with Gasteiger partial charge in [0.15, 0.2) is 5.82 Å². The molecule has 4 heterocycles. The summed E-state index contributed by atoms with van der Waals surface area (Å²) >= 11 is 0. The van der Waals surface area contributed by atoms with Crippen LogP contribution in [0.15, 0.2) is 41.7 Å². The fourth-order valence-electron chi connectivity index (χ4n) is 3.70. The number of aromatic nitrogens is 6. The second-order valence-corrected chi connectivity index (χ2v) is 6.95. The lowest BCUT2D eigenvalue weighted by molar-refractivity contribution is 0.331. The first-order valence-electron chi connectivity index (χ1n) is 8.93. The molecule has 132 valence electrons. The van der Waals surface area contributed by atoms with E-state index in [4.69, 9.17) is 0 Å². The smallest absolute Gasteiger partial charge is 0.267 e. The number of nitrogens with zero attached hydrogens (tertiary/aromatic N) is 7. The first-order chi connectivity index (χ1) is 12.8. The number of fused-ring (bicyclic) bond motifs is 1. The molecular formula is C18H19N7O. The Morgan fingerprint density at radius 1 is 1.15 bits per heavy atom. The lowest BCUT2D eigenvalue weighted by Gasteiger charge is -2.40. The van der Waals surface area contributed by atoms with E-state index in [0.717, 1.165) is 49.4 Å². The maximum atomic E-state index is 12.2. The minimum atomic E-state index is 0.0181. The third-order valence-corrected chi connectivity index (χ3v) is 5.08. The fraction of sp³-hybridized carbons (Fsp3) is 0.389. The minimum Gasteiger partial charge on any atom is -0.354 e. The van der Waals surface area contributed by atoms with Crippen LogP contribution in [0.4, 0.5) is 5.82 Å². The average molecular weight is 349 g/mol. The Bertz CT molecular complexity index is 989. The van der Waals surface area contributed by atoms with Crippen molar-refractivity contribution in [2.75, 3.05) is 18.0 Å². The Morgan fingerprint density at radius 2 is 2.04 bits per heavy atom. The maximum Gasteiger partial charge on any atom is 0.267 e. The van der Waals surface area contributed by atoms with Crippen LogP contribution in [0.25, 0.3) is 5.82 Å². The van der Waals surface area contributed by atoms with Crippen LogP contribution in [0.1, 0.15) is 17.7 Å². The van der Waals surface area contributed by atoms with E-state index in [9.17, 15) is 4.79 Å². The topological polar surface area (TPSA) is 81.7 Å². The molecule has 0 aromatic carbocycles. The van der Waals surface area contributed by atoms with Crippen LogP contribution in [-0.2, 0) is 19.4 Å². The highest BCUT2D eigenvalue weighted by Gasteiger charge is 2.29. The number of rotatable bonds is 4. The van der Waals surface area contributed by atoms with E-state index in [0.29, 0.717) is 18.3 Å². The van der Waals surface area contributed by atoms with Gasteiger partial charge in [-0.1, -0.05) is 0 Å². The van der Waals surface area contributed by atoms with Crippen molar-refractivity contribution in [2.45, 2.75) is 25.8 Å². The summed E-state index contributed by atoms with van der Waals surface area (Å²) in [6.07, 6.45) is 10.1. The molecule has 0 atom stereocenters. The van der Waals surface area contributed by atoms with Crippen LogP contribution in [0, 0.1) is 5.92 Å². The van der Waals surface area contributed by atoms with Gasteiger partial charge in [0.1, 0.15) is 5.82 Å². The zero-order valence-electron chi connectivity index (χ0n) is 14.3. The zero-order valence-corrected chi connectivity index (χ0v) is 14.3. The summed E-state index contributed by atoms with van der Waals surface area (Å²) in [5, 5.41) is 8.76. The van der Waals surface area contributed by atoms with Crippen molar-refractivity contribution in [3.05, 3.63) is 58.5 Å². The van der Waals surface area contributed by atoms with Crippen molar-refractivity contribution in [1.82, 2.24) is 29.5 Å². The SMILES string of the molecule is O=c1cc2c(nn1CC1CN(c3cncc(-n4cccn4)n3)C1)CCC2. The van der Waals surface area contributed by atoms with Gasteiger partial charge in [0.2, 0.25) is 0 Å². The average Bonchev–Trinajstić information content (AvgIpc) is 3.29. The number of anilines is 1. The summed E-state index contributed by atoms with van der Waals surface area (Å²) in [6, 6.07) is 3.63. The zero-order chi connectivity index (χ0) is 17.5. The minimum absolute atomic E-state index is 0.0181. The van der Waals surface area contributed by atoms with Gasteiger partial charge in [-0.05, 0) is 30.9 Å². The lowest BCUT2D eigenvalue weighted by Crippen LogP contribution is -2.50. The Hall–Kier alpha value is -3.03. The molecule has 1 aliphatic heterocycles. The highest BCUT2D eigenvalue weighted by molar-refractivity contribution is 5.42. The fourth-order valence-corrected chi connectivity index (χ4v) is 3.70. The molecule has 0 bridgehead atoms. The molecule has 0 amide bonds. The molecular weight excluding hydrogens is 330 g/mol. The molecule has 3 aromatic heterocycles. The van der Waals surface area contributed by atoms with Gasteiger partial charge >= 0.3 is 0 Å². The molecule has 26 heavy (non-hydrogen) atoms. The number of hydrogen-bond acceptors (Lipinski definition) is 6. The number of aryl methyl sites for hydroxylation is 2. The molecule has 3 aromatic rings. The molecule has 5 rings (SSSR count). The Balaban J connectivity index is 1.27. The summed E-state index contributed by atoms with van der Waals surface area (Å²) in [7, 11) is 0. The van der Waals surface area contributed by atoms with E-state index in [1.807, 2.05) is 12.3 Å². The van der Waals surface area contributed by atoms with Crippen LogP contribution >= 0.6 is 0 Å². The summed E-state index contributed by atoms with van der Waals surface area (Å²) < 4.78 is 3.33. The Morgan fingerprint density at radius 3 is 2.88 bits per heavy atom. The highest BCUT2D eigenvalue weighted by atomic mass is 16.1. The van der Waals surface area contributed by atoms with E-state index in [-0.39, 0.29) is 5.56 Å². The standard InChI is InChI=1S/C18H19N7O/c26-18-7-14-3-1-4-15(14)22-25(18)12-13-10-23(11-13)16-8-19-9-17(21-16)24-6-2-5-20-24/h2,5-9,13H,1,3-4,10-12H2. The van der Waals surface area contributed by atoms with E-state index < -0.39 is 0 Å². The summed E-state index contributed by atoms with van der Waals surface area (Å²) in [6.45, 7) is 2.36. The largest absolute Gasteiger partial charge is 0.354 e. The van der Waals surface area contributed by atoms with Crippen molar-refractivity contribution >= 4 is 5.82 Å². The van der Waals surface area contributed by atoms with Crippen molar-refractivity contribution in [3.63, 3.8) is 0 Å². The summed E-state index contributed by atoms with van der Waals surface area (Å²) in [4.78, 5) is 23.3. The van der Waals surface area contributed by atoms with Gasteiger partial charge in [-0.2, -0.15) is 10.2 Å². The molecule has 0 spiro atoms. The maximum absolute atomic E-state index is 12.2. The van der Waals surface area contributed by atoms with Crippen molar-refractivity contribution < 1.29 is 0 Å².